The number of hydrogen-bond acceptors (Lipinski definition) is 4. The molecule has 19 heavy (non-hydrogen) atoms. The number of aromatic nitrogens is 3. The average molecular weight is 259 g/mol. The molecule has 6 heteroatoms. The van der Waals surface area contributed by atoms with E-state index < -0.39 is 0 Å². The molecule has 1 aromatic heterocycles. The molecule has 0 fully saturated rings. The zero-order chi connectivity index (χ0) is 14.0. The quantitative estimate of drug-likeness (QED) is 0.639. The summed E-state index contributed by atoms with van der Waals surface area (Å²) in [5.41, 5.74) is 8.11. The lowest BCUT2D eigenvalue weighted by molar-refractivity contribution is 0.286. The Kier molecular flexibility index (Phi) is 3.50. The number of nitrogens with zero attached hydrogens (tertiary/aromatic N) is 3. The van der Waals surface area contributed by atoms with E-state index in [4.69, 9.17) is 15.9 Å². The Hall–Kier alpha value is -2.37. The maximum Gasteiger partial charge on any atom is 0.164 e. The van der Waals surface area contributed by atoms with Crippen LogP contribution in [0.1, 0.15) is 22.5 Å². The molecular weight excluding hydrogens is 242 g/mol. The zero-order valence-electron chi connectivity index (χ0n) is 11.3. The van der Waals surface area contributed by atoms with E-state index in [1.54, 1.807) is 4.68 Å². The van der Waals surface area contributed by atoms with E-state index in [9.17, 15) is 0 Å². The normalized spacial score (nSPS) is 10.5. The second-order valence-electron chi connectivity index (χ2n) is 4.44. The van der Waals surface area contributed by atoms with Crippen LogP contribution in [0.5, 0.6) is 5.75 Å². The Balaban J connectivity index is 2.21. The Morgan fingerprint density at radius 3 is 2.47 bits per heavy atom. The molecular formula is C13H17N5O. The first-order valence-corrected chi connectivity index (χ1v) is 5.90. The average Bonchev–Trinajstić information content (AvgIpc) is 2.73. The number of rotatable bonds is 4. The summed E-state index contributed by atoms with van der Waals surface area (Å²) in [5, 5.41) is 11.5. The molecule has 100 valence electrons. The number of ether oxygens (including phenoxy) is 1. The van der Waals surface area contributed by atoms with Crippen molar-refractivity contribution in [2.45, 2.75) is 20.5 Å². The molecule has 0 saturated heterocycles. The van der Waals surface area contributed by atoms with E-state index in [0.29, 0.717) is 12.2 Å². The van der Waals surface area contributed by atoms with Gasteiger partial charge in [-0.05, 0) is 37.1 Å². The first kappa shape index (κ1) is 13.1. The number of nitrogen functional groups attached to an aromatic ring is 1. The number of benzene rings is 1. The van der Waals surface area contributed by atoms with E-state index in [1.807, 2.05) is 33.0 Å². The van der Waals surface area contributed by atoms with Crippen LogP contribution >= 0.6 is 0 Å². The number of amidine groups is 1. The molecule has 0 atom stereocenters. The van der Waals surface area contributed by atoms with Crippen molar-refractivity contribution < 1.29 is 4.74 Å². The van der Waals surface area contributed by atoms with Gasteiger partial charge in [0, 0.05) is 12.6 Å². The smallest absolute Gasteiger partial charge is 0.164 e. The Morgan fingerprint density at radius 2 is 2.00 bits per heavy atom. The van der Waals surface area contributed by atoms with Crippen LogP contribution in [0.3, 0.4) is 0 Å². The summed E-state index contributed by atoms with van der Waals surface area (Å²) in [6.45, 7) is 4.23. The van der Waals surface area contributed by atoms with Gasteiger partial charge in [0.05, 0.1) is 0 Å². The van der Waals surface area contributed by atoms with Crippen LogP contribution < -0.4 is 10.5 Å². The molecule has 1 aromatic carbocycles. The topological polar surface area (TPSA) is 89.8 Å². The van der Waals surface area contributed by atoms with Crippen LogP contribution in [0.25, 0.3) is 0 Å². The zero-order valence-corrected chi connectivity index (χ0v) is 11.3. The highest BCUT2D eigenvalue weighted by molar-refractivity contribution is 5.95. The second-order valence-corrected chi connectivity index (χ2v) is 4.44. The Morgan fingerprint density at radius 1 is 1.37 bits per heavy atom. The van der Waals surface area contributed by atoms with Crippen LogP contribution in [0.2, 0.25) is 0 Å². The predicted molar refractivity (Wildman–Crippen MR) is 72.3 cm³/mol. The van der Waals surface area contributed by atoms with Gasteiger partial charge < -0.3 is 10.5 Å². The minimum Gasteiger partial charge on any atom is -0.485 e. The van der Waals surface area contributed by atoms with Gasteiger partial charge in [0.15, 0.2) is 5.82 Å². The van der Waals surface area contributed by atoms with Crippen molar-refractivity contribution in [3.05, 3.63) is 41.0 Å². The SMILES string of the molecule is Cc1cc(C(=N)N)cc(C)c1OCc1ncnn1C. The van der Waals surface area contributed by atoms with Crippen LogP contribution in [0, 0.1) is 19.3 Å². The summed E-state index contributed by atoms with van der Waals surface area (Å²) in [4.78, 5) is 4.11. The van der Waals surface area contributed by atoms with Gasteiger partial charge in [-0.25, -0.2) is 4.98 Å². The largest absolute Gasteiger partial charge is 0.485 e. The summed E-state index contributed by atoms with van der Waals surface area (Å²) >= 11 is 0. The molecule has 0 saturated carbocycles. The van der Waals surface area contributed by atoms with Crippen molar-refractivity contribution in [2.24, 2.45) is 12.8 Å². The third kappa shape index (κ3) is 2.73. The van der Waals surface area contributed by atoms with Crippen molar-refractivity contribution in [2.75, 3.05) is 0 Å². The van der Waals surface area contributed by atoms with Crippen molar-refractivity contribution in [1.82, 2.24) is 14.8 Å². The van der Waals surface area contributed by atoms with Gasteiger partial charge in [0.2, 0.25) is 0 Å². The van der Waals surface area contributed by atoms with Crippen LogP contribution in [0.4, 0.5) is 0 Å². The summed E-state index contributed by atoms with van der Waals surface area (Å²) in [6.07, 6.45) is 1.50. The van der Waals surface area contributed by atoms with Gasteiger partial charge in [0.1, 0.15) is 24.5 Å². The van der Waals surface area contributed by atoms with Gasteiger partial charge in [0.25, 0.3) is 0 Å². The molecule has 0 unspecified atom stereocenters. The minimum atomic E-state index is 0.0612. The van der Waals surface area contributed by atoms with Crippen LogP contribution in [-0.4, -0.2) is 20.6 Å². The van der Waals surface area contributed by atoms with Crippen molar-refractivity contribution in [3.8, 4) is 5.75 Å². The fourth-order valence-corrected chi connectivity index (χ4v) is 1.92. The highest BCUT2D eigenvalue weighted by atomic mass is 16.5. The standard InChI is InChI=1S/C13H17N5O/c1-8-4-10(13(14)15)5-9(2)12(8)19-6-11-16-7-17-18(11)3/h4-5,7H,6H2,1-3H3,(H3,14,15). The van der Waals surface area contributed by atoms with E-state index in [1.165, 1.54) is 6.33 Å². The van der Waals surface area contributed by atoms with Gasteiger partial charge in [-0.2, -0.15) is 5.10 Å². The van der Waals surface area contributed by atoms with Gasteiger partial charge in [-0.15, -0.1) is 0 Å². The van der Waals surface area contributed by atoms with Crippen LogP contribution in [-0.2, 0) is 13.7 Å². The molecule has 2 rings (SSSR count). The summed E-state index contributed by atoms with van der Waals surface area (Å²) in [7, 11) is 1.82. The van der Waals surface area contributed by atoms with Crippen LogP contribution in [0.15, 0.2) is 18.5 Å². The summed E-state index contributed by atoms with van der Waals surface area (Å²) in [5.74, 6) is 1.62. The number of nitrogens with two attached hydrogens (primary N) is 1. The maximum absolute atomic E-state index is 7.46. The van der Waals surface area contributed by atoms with Gasteiger partial charge in [-0.1, -0.05) is 0 Å². The van der Waals surface area contributed by atoms with Gasteiger partial charge in [-0.3, -0.25) is 10.1 Å². The van der Waals surface area contributed by atoms with E-state index >= 15 is 0 Å². The molecule has 6 nitrogen and oxygen atoms in total. The Bertz CT molecular complexity index is 594. The van der Waals surface area contributed by atoms with E-state index in [2.05, 4.69) is 10.1 Å². The van der Waals surface area contributed by atoms with E-state index in [0.717, 1.165) is 22.7 Å². The molecule has 0 aliphatic rings. The van der Waals surface area contributed by atoms with Crippen molar-refractivity contribution >= 4 is 5.84 Å². The van der Waals surface area contributed by atoms with Gasteiger partial charge >= 0.3 is 0 Å². The number of nitrogens with one attached hydrogen (secondary N) is 1. The van der Waals surface area contributed by atoms with Crippen molar-refractivity contribution in [1.29, 1.82) is 5.41 Å². The fraction of sp³-hybridized carbons (Fsp3) is 0.308. The summed E-state index contributed by atoms with van der Waals surface area (Å²) < 4.78 is 7.47. The second kappa shape index (κ2) is 5.09. The third-order valence-corrected chi connectivity index (χ3v) is 2.92. The predicted octanol–water partition coefficient (Wildman–Crippen LogP) is 1.30. The number of hydrogen-bond donors (Lipinski definition) is 2. The molecule has 2 aromatic rings. The molecule has 0 radical (unpaired) electrons. The summed E-state index contributed by atoms with van der Waals surface area (Å²) in [6, 6.07) is 3.70. The minimum absolute atomic E-state index is 0.0612. The first-order chi connectivity index (χ1) is 8.99. The first-order valence-electron chi connectivity index (χ1n) is 5.90. The maximum atomic E-state index is 7.46. The lowest BCUT2D eigenvalue weighted by atomic mass is 10.1. The highest BCUT2D eigenvalue weighted by Crippen LogP contribution is 2.25. The molecule has 0 aliphatic carbocycles. The molecule has 0 aliphatic heterocycles. The molecule has 3 N–H and O–H groups in total. The molecule has 0 spiro atoms. The number of aryl methyl sites for hydroxylation is 3. The lowest BCUT2D eigenvalue weighted by Crippen LogP contribution is -2.12. The molecule has 1 heterocycles. The highest BCUT2D eigenvalue weighted by Gasteiger charge is 2.09. The molecule has 0 bridgehead atoms. The lowest BCUT2D eigenvalue weighted by Gasteiger charge is -2.13. The van der Waals surface area contributed by atoms with E-state index in [-0.39, 0.29) is 5.84 Å². The monoisotopic (exact) mass is 259 g/mol. The molecule has 0 amide bonds. The fourth-order valence-electron chi connectivity index (χ4n) is 1.92. The van der Waals surface area contributed by atoms with Crippen molar-refractivity contribution in [3.63, 3.8) is 0 Å². The Labute approximate surface area is 111 Å². The third-order valence-electron chi connectivity index (χ3n) is 2.92.